The Kier molecular flexibility index (Phi) is 4.46. The van der Waals surface area contributed by atoms with Gasteiger partial charge < -0.3 is 0 Å². The predicted molar refractivity (Wildman–Crippen MR) is 87.3 cm³/mol. The van der Waals surface area contributed by atoms with Crippen LogP contribution in [0.15, 0.2) is 46.7 Å². The third-order valence-electron chi connectivity index (χ3n) is 3.80. The minimum atomic E-state index is 0.0722. The van der Waals surface area contributed by atoms with Gasteiger partial charge in [-0.05, 0) is 48.1 Å². The van der Waals surface area contributed by atoms with Crippen LogP contribution in [0.25, 0.3) is 0 Å². The summed E-state index contributed by atoms with van der Waals surface area (Å²) in [6.45, 7) is 0. The van der Waals surface area contributed by atoms with Crippen LogP contribution in [0.1, 0.15) is 45.0 Å². The minimum Gasteiger partial charge on any atom is -0.293 e. The first-order chi connectivity index (χ1) is 10.3. The van der Waals surface area contributed by atoms with E-state index in [1.165, 1.54) is 22.7 Å². The number of Topliss-reactive ketones (excluding diaryl/α,β-unsaturated/α-hetero) is 2. The molecule has 0 aliphatic heterocycles. The maximum absolute atomic E-state index is 12.6. The number of carbonyl (C=O) groups is 2. The van der Waals surface area contributed by atoms with E-state index in [0.29, 0.717) is 6.42 Å². The summed E-state index contributed by atoms with van der Waals surface area (Å²) >= 11 is 2.95. The molecule has 2 heterocycles. The van der Waals surface area contributed by atoms with Gasteiger partial charge in [0.15, 0.2) is 11.6 Å². The van der Waals surface area contributed by atoms with Crippen LogP contribution in [-0.4, -0.2) is 11.6 Å². The third kappa shape index (κ3) is 3.22. The van der Waals surface area contributed by atoms with E-state index in [1.807, 2.05) is 41.1 Å². The number of hydrogen-bond donors (Lipinski definition) is 0. The average Bonchev–Trinajstić information content (AvgIpc) is 3.20. The number of thiophene rings is 2. The first-order valence-electron chi connectivity index (χ1n) is 7.10. The average molecular weight is 316 g/mol. The van der Waals surface area contributed by atoms with Gasteiger partial charge in [0, 0.05) is 12.0 Å². The number of rotatable bonds is 5. The molecule has 2 aromatic heterocycles. The van der Waals surface area contributed by atoms with Crippen LogP contribution in [0.2, 0.25) is 0 Å². The Morgan fingerprint density at radius 1 is 1.10 bits per heavy atom. The highest BCUT2D eigenvalue weighted by molar-refractivity contribution is 7.12. The van der Waals surface area contributed by atoms with Gasteiger partial charge in [-0.3, -0.25) is 9.59 Å². The van der Waals surface area contributed by atoms with Crippen molar-refractivity contribution < 1.29 is 9.59 Å². The third-order valence-corrected chi connectivity index (χ3v) is 5.58. The van der Waals surface area contributed by atoms with E-state index in [1.54, 1.807) is 0 Å². The molecule has 0 spiro atoms. The number of carbonyl (C=O) groups excluding carboxylic acids is 2. The zero-order chi connectivity index (χ0) is 14.7. The van der Waals surface area contributed by atoms with Gasteiger partial charge in [0.05, 0.1) is 9.75 Å². The lowest BCUT2D eigenvalue weighted by molar-refractivity contribution is 0.0958. The molecule has 0 radical (unpaired) electrons. The highest BCUT2D eigenvalue weighted by Gasteiger charge is 2.27. The number of hydrogen-bond acceptors (Lipinski definition) is 4. The monoisotopic (exact) mass is 316 g/mol. The Bertz CT molecular complexity index is 651. The molecule has 0 saturated carbocycles. The highest BCUT2D eigenvalue weighted by Crippen LogP contribution is 2.32. The van der Waals surface area contributed by atoms with Gasteiger partial charge in [0.1, 0.15) is 0 Å². The van der Waals surface area contributed by atoms with Crippen LogP contribution in [0, 0.1) is 5.92 Å². The molecule has 0 bridgehead atoms. The van der Waals surface area contributed by atoms with Crippen LogP contribution in [-0.2, 0) is 0 Å². The molecule has 1 aliphatic carbocycles. The van der Waals surface area contributed by atoms with E-state index in [4.69, 9.17) is 0 Å². The first kappa shape index (κ1) is 14.4. The smallest absolute Gasteiger partial charge is 0.198 e. The summed E-state index contributed by atoms with van der Waals surface area (Å²) < 4.78 is 0. The van der Waals surface area contributed by atoms with E-state index in [0.717, 1.165) is 34.6 Å². The van der Waals surface area contributed by atoms with E-state index < -0.39 is 0 Å². The van der Waals surface area contributed by atoms with Gasteiger partial charge in [-0.15, -0.1) is 22.7 Å². The maximum Gasteiger partial charge on any atom is 0.198 e. The van der Waals surface area contributed by atoms with Crippen molar-refractivity contribution in [2.24, 2.45) is 5.92 Å². The van der Waals surface area contributed by atoms with Crippen molar-refractivity contribution in [1.29, 1.82) is 0 Å². The van der Waals surface area contributed by atoms with Gasteiger partial charge >= 0.3 is 0 Å². The molecule has 1 atom stereocenters. The second-order valence-corrected chi connectivity index (χ2v) is 7.09. The Morgan fingerprint density at radius 3 is 2.48 bits per heavy atom. The molecular weight excluding hydrogens is 300 g/mol. The number of ketones is 2. The first-order valence-corrected chi connectivity index (χ1v) is 8.86. The van der Waals surface area contributed by atoms with Crippen LogP contribution in [0.5, 0.6) is 0 Å². The molecule has 108 valence electrons. The van der Waals surface area contributed by atoms with E-state index in [-0.39, 0.29) is 17.5 Å². The zero-order valence-electron chi connectivity index (χ0n) is 11.6. The van der Waals surface area contributed by atoms with Gasteiger partial charge in [-0.1, -0.05) is 18.2 Å². The largest absolute Gasteiger partial charge is 0.293 e. The molecular formula is C17H16O2S2. The lowest BCUT2D eigenvalue weighted by atomic mass is 9.81. The fourth-order valence-corrected chi connectivity index (χ4v) is 4.11. The summed E-state index contributed by atoms with van der Waals surface area (Å²) in [5.41, 5.74) is 0.841. The molecule has 0 amide bonds. The Hall–Kier alpha value is -1.52. The normalized spacial score (nSPS) is 18.3. The SMILES string of the molecule is O=C(CC1CCCC=C1C(=O)c1cccs1)c1cccs1. The standard InChI is InChI=1S/C17H16O2S2/c18-14(15-7-3-9-20-15)11-12-5-1-2-6-13(12)17(19)16-8-4-10-21-16/h3-4,6-10,12H,1-2,5,11H2. The molecule has 4 heteroatoms. The molecule has 2 nitrogen and oxygen atoms in total. The fourth-order valence-electron chi connectivity index (χ4n) is 2.75. The van der Waals surface area contributed by atoms with Crippen LogP contribution in [0.3, 0.4) is 0 Å². The predicted octanol–water partition coefficient (Wildman–Crippen LogP) is 4.99. The van der Waals surface area contributed by atoms with Crippen molar-refractivity contribution in [2.75, 3.05) is 0 Å². The van der Waals surface area contributed by atoms with Crippen molar-refractivity contribution in [3.63, 3.8) is 0 Å². The fraction of sp³-hybridized carbons (Fsp3) is 0.294. The lowest BCUT2D eigenvalue weighted by Crippen LogP contribution is -2.19. The van der Waals surface area contributed by atoms with Crippen molar-refractivity contribution in [3.05, 3.63) is 56.4 Å². The molecule has 3 rings (SSSR count). The quantitative estimate of drug-likeness (QED) is 0.728. The van der Waals surface area contributed by atoms with Gasteiger partial charge in [-0.25, -0.2) is 0 Å². The summed E-state index contributed by atoms with van der Waals surface area (Å²) in [5.74, 6) is 0.332. The molecule has 1 unspecified atom stereocenters. The second-order valence-electron chi connectivity index (χ2n) is 5.20. The Balaban J connectivity index is 1.77. The van der Waals surface area contributed by atoms with Crippen molar-refractivity contribution in [2.45, 2.75) is 25.7 Å². The van der Waals surface area contributed by atoms with Crippen molar-refractivity contribution >= 4 is 34.2 Å². The van der Waals surface area contributed by atoms with Crippen molar-refractivity contribution in [1.82, 2.24) is 0 Å². The van der Waals surface area contributed by atoms with E-state index >= 15 is 0 Å². The summed E-state index contributed by atoms with van der Waals surface area (Å²) in [6, 6.07) is 7.51. The van der Waals surface area contributed by atoms with Crippen LogP contribution >= 0.6 is 22.7 Å². The van der Waals surface area contributed by atoms with E-state index in [2.05, 4.69) is 0 Å². The highest BCUT2D eigenvalue weighted by atomic mass is 32.1. The lowest BCUT2D eigenvalue weighted by Gasteiger charge is -2.22. The van der Waals surface area contributed by atoms with Crippen LogP contribution < -0.4 is 0 Å². The molecule has 0 aromatic carbocycles. The summed E-state index contributed by atoms with van der Waals surface area (Å²) in [4.78, 5) is 26.4. The van der Waals surface area contributed by atoms with Crippen molar-refractivity contribution in [3.8, 4) is 0 Å². The second kappa shape index (κ2) is 6.50. The van der Waals surface area contributed by atoms with E-state index in [9.17, 15) is 9.59 Å². The molecule has 2 aromatic rings. The maximum atomic E-state index is 12.6. The Labute approximate surface area is 132 Å². The molecule has 0 N–H and O–H groups in total. The van der Waals surface area contributed by atoms with Crippen LogP contribution in [0.4, 0.5) is 0 Å². The van der Waals surface area contributed by atoms with Gasteiger partial charge in [0.2, 0.25) is 0 Å². The summed E-state index contributed by atoms with van der Waals surface area (Å²) in [6.07, 6.45) is 5.42. The molecule has 0 saturated heterocycles. The minimum absolute atomic E-state index is 0.0722. The summed E-state index contributed by atoms with van der Waals surface area (Å²) in [7, 11) is 0. The zero-order valence-corrected chi connectivity index (χ0v) is 13.2. The topological polar surface area (TPSA) is 34.1 Å². The summed E-state index contributed by atoms with van der Waals surface area (Å²) in [5, 5.41) is 3.84. The van der Waals surface area contributed by atoms with Gasteiger partial charge in [-0.2, -0.15) is 0 Å². The molecule has 1 aliphatic rings. The number of allylic oxidation sites excluding steroid dienone is 2. The molecule has 21 heavy (non-hydrogen) atoms. The van der Waals surface area contributed by atoms with Gasteiger partial charge in [0.25, 0.3) is 0 Å². The Morgan fingerprint density at radius 2 is 1.81 bits per heavy atom. The molecule has 0 fully saturated rings.